The van der Waals surface area contributed by atoms with Gasteiger partial charge in [0.15, 0.2) is 0 Å². The van der Waals surface area contributed by atoms with Gasteiger partial charge in [-0.25, -0.2) is 9.59 Å². The molecule has 9 heteroatoms. The molecule has 0 aliphatic rings. The third-order valence-corrected chi connectivity index (χ3v) is 4.76. The SMILES string of the molecule is CCCCOc1cccc(OS(=O)(=O)c2ccc(C(=O)O)c(C(=O)O)c2)c1. The van der Waals surface area contributed by atoms with Crippen molar-refractivity contribution in [3.63, 3.8) is 0 Å². The van der Waals surface area contributed by atoms with Crippen molar-refractivity contribution >= 4 is 22.1 Å². The van der Waals surface area contributed by atoms with E-state index in [0.29, 0.717) is 12.4 Å². The fourth-order valence-corrected chi connectivity index (χ4v) is 3.12. The summed E-state index contributed by atoms with van der Waals surface area (Å²) in [6, 6.07) is 8.66. The first-order valence-electron chi connectivity index (χ1n) is 8.02. The van der Waals surface area contributed by atoms with Crippen molar-refractivity contribution in [2.24, 2.45) is 0 Å². The molecular formula is C18H18O8S. The zero-order valence-electron chi connectivity index (χ0n) is 14.4. The van der Waals surface area contributed by atoms with Crippen LogP contribution in [0.15, 0.2) is 47.4 Å². The molecule has 27 heavy (non-hydrogen) atoms. The van der Waals surface area contributed by atoms with E-state index in [1.54, 1.807) is 12.1 Å². The van der Waals surface area contributed by atoms with Crippen LogP contribution < -0.4 is 8.92 Å². The third kappa shape index (κ3) is 5.20. The third-order valence-electron chi connectivity index (χ3n) is 3.52. The molecule has 0 heterocycles. The van der Waals surface area contributed by atoms with Gasteiger partial charge in [-0.1, -0.05) is 19.4 Å². The van der Waals surface area contributed by atoms with E-state index >= 15 is 0 Å². The summed E-state index contributed by atoms with van der Waals surface area (Å²) in [4.78, 5) is 21.8. The molecule has 8 nitrogen and oxygen atoms in total. The molecule has 2 rings (SSSR count). The predicted molar refractivity (Wildman–Crippen MR) is 95.0 cm³/mol. The van der Waals surface area contributed by atoms with Crippen molar-refractivity contribution in [3.05, 3.63) is 53.6 Å². The molecule has 0 unspecified atom stereocenters. The first-order valence-corrected chi connectivity index (χ1v) is 9.43. The summed E-state index contributed by atoms with van der Waals surface area (Å²) in [7, 11) is -4.37. The molecule has 2 aromatic carbocycles. The van der Waals surface area contributed by atoms with Crippen LogP contribution >= 0.6 is 0 Å². The summed E-state index contributed by atoms with van der Waals surface area (Å²) in [6.07, 6.45) is 1.79. The minimum Gasteiger partial charge on any atom is -0.493 e. The second-order valence-electron chi connectivity index (χ2n) is 5.53. The summed E-state index contributed by atoms with van der Waals surface area (Å²) < 4.78 is 35.4. The van der Waals surface area contributed by atoms with Crippen LogP contribution in [0.2, 0.25) is 0 Å². The number of hydrogen-bond acceptors (Lipinski definition) is 6. The Morgan fingerprint density at radius 1 is 0.963 bits per heavy atom. The Morgan fingerprint density at radius 3 is 2.26 bits per heavy atom. The highest BCUT2D eigenvalue weighted by Crippen LogP contribution is 2.25. The Kier molecular flexibility index (Phi) is 6.40. The van der Waals surface area contributed by atoms with Crippen LogP contribution in [0.1, 0.15) is 40.5 Å². The van der Waals surface area contributed by atoms with E-state index in [0.717, 1.165) is 31.0 Å². The van der Waals surface area contributed by atoms with Crippen molar-refractivity contribution in [1.82, 2.24) is 0 Å². The summed E-state index contributed by atoms with van der Waals surface area (Å²) >= 11 is 0. The number of aromatic carboxylic acids is 2. The topological polar surface area (TPSA) is 127 Å². The molecule has 0 spiro atoms. The van der Waals surface area contributed by atoms with Gasteiger partial charge in [-0.3, -0.25) is 0 Å². The Morgan fingerprint density at radius 2 is 1.63 bits per heavy atom. The van der Waals surface area contributed by atoms with Gasteiger partial charge in [-0.2, -0.15) is 8.42 Å². The molecule has 0 aromatic heterocycles. The van der Waals surface area contributed by atoms with Crippen LogP contribution in [-0.4, -0.2) is 37.2 Å². The standard InChI is InChI=1S/C18H18O8S/c1-2-3-9-25-12-5-4-6-13(10-12)26-27(23,24)14-7-8-15(17(19)20)16(11-14)18(21)22/h4-8,10-11H,2-3,9H2,1H3,(H,19,20)(H,21,22). The molecule has 2 aromatic rings. The number of hydrogen-bond donors (Lipinski definition) is 2. The highest BCUT2D eigenvalue weighted by molar-refractivity contribution is 7.87. The smallest absolute Gasteiger partial charge is 0.339 e. The maximum atomic E-state index is 12.4. The average molecular weight is 394 g/mol. The normalized spacial score (nSPS) is 11.0. The van der Waals surface area contributed by atoms with E-state index in [-0.39, 0.29) is 5.75 Å². The maximum absolute atomic E-state index is 12.4. The molecule has 0 aliphatic carbocycles. The summed E-state index contributed by atoms with van der Waals surface area (Å²) in [5.41, 5.74) is -1.17. The number of unbranched alkanes of at least 4 members (excludes halogenated alkanes) is 1. The van der Waals surface area contributed by atoms with Crippen LogP contribution in [0, 0.1) is 0 Å². The van der Waals surface area contributed by atoms with E-state index in [2.05, 4.69) is 0 Å². The van der Waals surface area contributed by atoms with Gasteiger partial charge in [-0.05, 0) is 36.8 Å². The molecule has 0 saturated heterocycles. The van der Waals surface area contributed by atoms with Crippen LogP contribution in [0.3, 0.4) is 0 Å². The molecule has 0 fully saturated rings. The molecule has 0 bridgehead atoms. The molecule has 0 radical (unpaired) electrons. The number of rotatable bonds is 9. The van der Waals surface area contributed by atoms with Crippen molar-refractivity contribution in [1.29, 1.82) is 0 Å². The lowest BCUT2D eigenvalue weighted by atomic mass is 10.1. The van der Waals surface area contributed by atoms with Crippen LogP contribution in [0.25, 0.3) is 0 Å². The molecule has 144 valence electrons. The monoisotopic (exact) mass is 394 g/mol. The van der Waals surface area contributed by atoms with E-state index in [1.165, 1.54) is 12.1 Å². The Balaban J connectivity index is 2.29. The lowest BCUT2D eigenvalue weighted by molar-refractivity contribution is 0.0651. The van der Waals surface area contributed by atoms with Crippen molar-refractivity contribution in [2.75, 3.05) is 6.61 Å². The lowest BCUT2D eigenvalue weighted by Crippen LogP contribution is -2.14. The van der Waals surface area contributed by atoms with Crippen LogP contribution in [0.5, 0.6) is 11.5 Å². The summed E-state index contributed by atoms with van der Waals surface area (Å²) in [6.45, 7) is 2.49. The highest BCUT2D eigenvalue weighted by atomic mass is 32.2. The number of ether oxygens (including phenoxy) is 1. The van der Waals surface area contributed by atoms with E-state index < -0.39 is 38.1 Å². The zero-order chi connectivity index (χ0) is 20.0. The molecule has 0 amide bonds. The van der Waals surface area contributed by atoms with Gasteiger partial charge in [0.05, 0.1) is 17.7 Å². The van der Waals surface area contributed by atoms with Gasteiger partial charge in [0.25, 0.3) is 0 Å². The fraction of sp³-hybridized carbons (Fsp3) is 0.222. The molecule has 0 aliphatic heterocycles. The minimum absolute atomic E-state index is 0.0109. The first kappa shape index (κ1) is 20.2. The van der Waals surface area contributed by atoms with Crippen molar-refractivity contribution < 1.29 is 37.1 Å². The number of carbonyl (C=O) groups is 2. The second-order valence-corrected chi connectivity index (χ2v) is 7.08. The van der Waals surface area contributed by atoms with Gasteiger partial charge < -0.3 is 19.1 Å². The lowest BCUT2D eigenvalue weighted by Gasteiger charge is -2.10. The van der Waals surface area contributed by atoms with Crippen molar-refractivity contribution in [2.45, 2.75) is 24.7 Å². The molecular weight excluding hydrogens is 376 g/mol. The molecule has 2 N–H and O–H groups in total. The number of carboxylic acid groups (broad SMARTS) is 2. The van der Waals surface area contributed by atoms with Gasteiger partial charge in [-0.15, -0.1) is 0 Å². The van der Waals surface area contributed by atoms with Gasteiger partial charge in [0, 0.05) is 6.07 Å². The van der Waals surface area contributed by atoms with Gasteiger partial charge in [0.2, 0.25) is 0 Å². The van der Waals surface area contributed by atoms with Gasteiger partial charge >= 0.3 is 22.1 Å². The Hall–Kier alpha value is -3.07. The molecule has 0 atom stereocenters. The summed E-state index contributed by atoms with van der Waals surface area (Å²) in [5.74, 6) is -2.61. The number of benzene rings is 2. The van der Waals surface area contributed by atoms with Crippen molar-refractivity contribution in [3.8, 4) is 11.5 Å². The predicted octanol–water partition coefficient (Wildman–Crippen LogP) is 3.03. The molecule has 0 saturated carbocycles. The quantitative estimate of drug-likeness (QED) is 0.491. The fourth-order valence-electron chi connectivity index (χ4n) is 2.17. The van der Waals surface area contributed by atoms with E-state index in [9.17, 15) is 18.0 Å². The minimum atomic E-state index is -4.37. The largest absolute Gasteiger partial charge is 0.493 e. The first-order chi connectivity index (χ1) is 12.7. The Bertz CT molecular complexity index is 950. The van der Waals surface area contributed by atoms with Crippen LogP contribution in [0.4, 0.5) is 0 Å². The summed E-state index contributed by atoms with van der Waals surface area (Å²) in [5, 5.41) is 18.1. The maximum Gasteiger partial charge on any atom is 0.339 e. The van der Waals surface area contributed by atoms with Crippen LogP contribution in [-0.2, 0) is 10.1 Å². The average Bonchev–Trinajstić information content (AvgIpc) is 2.61. The van der Waals surface area contributed by atoms with E-state index in [4.69, 9.17) is 19.1 Å². The number of carboxylic acids is 2. The Labute approximate surface area is 156 Å². The highest BCUT2D eigenvalue weighted by Gasteiger charge is 2.23. The van der Waals surface area contributed by atoms with Gasteiger partial charge in [0.1, 0.15) is 16.4 Å². The zero-order valence-corrected chi connectivity index (χ0v) is 15.2. The second kappa shape index (κ2) is 8.54. The van der Waals surface area contributed by atoms with E-state index in [1.807, 2.05) is 6.92 Å².